The number of benzene rings is 1. The average molecular weight is 211 g/mol. The molecule has 0 saturated carbocycles. The summed E-state index contributed by atoms with van der Waals surface area (Å²) in [5, 5.41) is 9.19. The maximum Gasteiger partial charge on any atom is 0.328 e. The molecule has 0 heterocycles. The third kappa shape index (κ3) is 3.23. The number of carboxylic acid groups (broad SMARTS) is 1. The lowest BCUT2D eigenvalue weighted by molar-refractivity contribution is -0.131. The van der Waals surface area contributed by atoms with Crippen molar-refractivity contribution in [2.45, 2.75) is 13.3 Å². The molecule has 74 valence electrons. The van der Waals surface area contributed by atoms with Crippen LogP contribution in [0.5, 0.6) is 0 Å². The van der Waals surface area contributed by atoms with E-state index in [4.69, 9.17) is 16.7 Å². The molecule has 0 unspecified atom stereocenters. The molecule has 0 atom stereocenters. The summed E-state index contributed by atoms with van der Waals surface area (Å²) in [7, 11) is 0. The van der Waals surface area contributed by atoms with Gasteiger partial charge in [0.15, 0.2) is 0 Å². The van der Waals surface area contributed by atoms with Gasteiger partial charge in [0.25, 0.3) is 0 Å². The smallest absolute Gasteiger partial charge is 0.328 e. The van der Waals surface area contributed by atoms with Crippen LogP contribution in [0.2, 0.25) is 5.02 Å². The van der Waals surface area contributed by atoms with E-state index in [1.807, 2.05) is 18.2 Å². The van der Waals surface area contributed by atoms with Crippen molar-refractivity contribution >= 4 is 17.6 Å². The lowest BCUT2D eigenvalue weighted by atomic mass is 10.1. The first-order valence-corrected chi connectivity index (χ1v) is 4.61. The van der Waals surface area contributed by atoms with Gasteiger partial charge in [0, 0.05) is 11.1 Å². The summed E-state index contributed by atoms with van der Waals surface area (Å²) in [6.45, 7) is 1.78. The van der Waals surface area contributed by atoms with E-state index in [2.05, 4.69) is 0 Å². The fourth-order valence-electron chi connectivity index (χ4n) is 1.20. The van der Waals surface area contributed by atoms with E-state index >= 15 is 0 Å². The number of hydrogen-bond donors (Lipinski definition) is 1. The molecule has 1 aromatic carbocycles. The zero-order valence-corrected chi connectivity index (χ0v) is 8.58. The van der Waals surface area contributed by atoms with E-state index in [1.54, 1.807) is 13.0 Å². The second-order valence-electron chi connectivity index (χ2n) is 3.10. The van der Waals surface area contributed by atoms with Gasteiger partial charge >= 0.3 is 5.97 Å². The SMILES string of the molecule is C/C(=C\C(=O)O)Cc1ccccc1Cl. The zero-order chi connectivity index (χ0) is 10.6. The topological polar surface area (TPSA) is 37.3 Å². The molecule has 0 saturated heterocycles. The number of carbonyl (C=O) groups is 1. The standard InChI is InChI=1S/C11H11ClO2/c1-8(7-11(13)14)6-9-4-2-3-5-10(9)12/h2-5,7H,6H2,1H3,(H,13,14)/b8-7+. The van der Waals surface area contributed by atoms with Gasteiger partial charge in [-0.05, 0) is 25.0 Å². The summed E-state index contributed by atoms with van der Waals surface area (Å²) in [4.78, 5) is 10.4. The third-order valence-electron chi connectivity index (χ3n) is 1.80. The lowest BCUT2D eigenvalue weighted by Gasteiger charge is -2.02. The Balaban J connectivity index is 2.79. The predicted molar refractivity (Wildman–Crippen MR) is 56.5 cm³/mol. The van der Waals surface area contributed by atoms with Gasteiger partial charge in [0.05, 0.1) is 0 Å². The molecule has 0 radical (unpaired) electrons. The number of hydrogen-bond acceptors (Lipinski definition) is 1. The molecule has 0 amide bonds. The van der Waals surface area contributed by atoms with Gasteiger partial charge in [0.2, 0.25) is 0 Å². The minimum absolute atomic E-state index is 0.575. The maximum atomic E-state index is 10.4. The summed E-state index contributed by atoms with van der Waals surface area (Å²) in [6, 6.07) is 7.42. The first-order chi connectivity index (χ1) is 6.59. The maximum absolute atomic E-state index is 10.4. The molecule has 1 aromatic rings. The molecule has 0 spiro atoms. The van der Waals surface area contributed by atoms with Crippen molar-refractivity contribution in [2.75, 3.05) is 0 Å². The highest BCUT2D eigenvalue weighted by atomic mass is 35.5. The molecule has 0 bridgehead atoms. The van der Waals surface area contributed by atoms with Crippen LogP contribution >= 0.6 is 11.6 Å². The fourth-order valence-corrected chi connectivity index (χ4v) is 1.41. The number of halogens is 1. The Hall–Kier alpha value is -1.28. The second kappa shape index (κ2) is 4.82. The molecule has 14 heavy (non-hydrogen) atoms. The van der Waals surface area contributed by atoms with Crippen molar-refractivity contribution in [3.05, 3.63) is 46.5 Å². The fraction of sp³-hybridized carbons (Fsp3) is 0.182. The van der Waals surface area contributed by atoms with Crippen molar-refractivity contribution in [3.63, 3.8) is 0 Å². The highest BCUT2D eigenvalue weighted by Crippen LogP contribution is 2.18. The molecule has 1 rings (SSSR count). The Morgan fingerprint density at radius 2 is 2.14 bits per heavy atom. The van der Waals surface area contributed by atoms with Gasteiger partial charge < -0.3 is 5.11 Å². The zero-order valence-electron chi connectivity index (χ0n) is 7.83. The summed E-state index contributed by atoms with van der Waals surface area (Å²) in [5.74, 6) is -0.922. The lowest BCUT2D eigenvalue weighted by Crippen LogP contribution is -1.93. The van der Waals surface area contributed by atoms with E-state index in [0.29, 0.717) is 11.4 Å². The largest absolute Gasteiger partial charge is 0.478 e. The van der Waals surface area contributed by atoms with Gasteiger partial charge in [-0.1, -0.05) is 35.4 Å². The number of allylic oxidation sites excluding steroid dienone is 1. The Bertz CT molecular complexity index is 369. The molecular weight excluding hydrogens is 200 g/mol. The molecule has 0 fully saturated rings. The van der Waals surface area contributed by atoms with Gasteiger partial charge in [0.1, 0.15) is 0 Å². The van der Waals surface area contributed by atoms with Crippen LogP contribution in [-0.2, 0) is 11.2 Å². The van der Waals surface area contributed by atoms with Crippen LogP contribution in [0.15, 0.2) is 35.9 Å². The van der Waals surface area contributed by atoms with Crippen molar-refractivity contribution in [2.24, 2.45) is 0 Å². The van der Waals surface area contributed by atoms with Crippen molar-refractivity contribution in [3.8, 4) is 0 Å². The first-order valence-electron chi connectivity index (χ1n) is 4.23. The van der Waals surface area contributed by atoms with Gasteiger partial charge in [-0.15, -0.1) is 0 Å². The van der Waals surface area contributed by atoms with Gasteiger partial charge in [-0.2, -0.15) is 0 Å². The van der Waals surface area contributed by atoms with Crippen LogP contribution in [0.1, 0.15) is 12.5 Å². The van der Waals surface area contributed by atoms with Gasteiger partial charge in [-0.3, -0.25) is 0 Å². The molecule has 3 heteroatoms. The highest BCUT2D eigenvalue weighted by Gasteiger charge is 2.00. The number of carboxylic acids is 1. The summed E-state index contributed by atoms with van der Waals surface area (Å²) in [6.07, 6.45) is 1.77. The van der Waals surface area contributed by atoms with Crippen LogP contribution in [0, 0.1) is 0 Å². The van der Waals surface area contributed by atoms with Crippen LogP contribution in [0.25, 0.3) is 0 Å². The summed E-state index contributed by atoms with van der Waals surface area (Å²) < 4.78 is 0. The molecule has 2 nitrogen and oxygen atoms in total. The number of rotatable bonds is 3. The number of aliphatic carboxylic acids is 1. The van der Waals surface area contributed by atoms with E-state index in [9.17, 15) is 4.79 Å². The van der Waals surface area contributed by atoms with E-state index < -0.39 is 5.97 Å². The quantitative estimate of drug-likeness (QED) is 0.779. The Morgan fingerprint density at radius 3 is 2.71 bits per heavy atom. The molecule has 0 aromatic heterocycles. The summed E-state index contributed by atoms with van der Waals surface area (Å²) >= 11 is 5.93. The summed E-state index contributed by atoms with van der Waals surface area (Å²) in [5.41, 5.74) is 1.73. The van der Waals surface area contributed by atoms with Crippen LogP contribution in [-0.4, -0.2) is 11.1 Å². The van der Waals surface area contributed by atoms with Crippen LogP contribution < -0.4 is 0 Å². The van der Waals surface area contributed by atoms with Crippen LogP contribution in [0.4, 0.5) is 0 Å². The minimum atomic E-state index is -0.922. The van der Waals surface area contributed by atoms with Crippen molar-refractivity contribution in [1.82, 2.24) is 0 Å². The molecule has 0 aliphatic heterocycles. The molecule has 0 aliphatic carbocycles. The van der Waals surface area contributed by atoms with Gasteiger partial charge in [-0.25, -0.2) is 4.79 Å². The van der Waals surface area contributed by atoms with Crippen molar-refractivity contribution in [1.29, 1.82) is 0 Å². The molecule has 1 N–H and O–H groups in total. The first kappa shape index (κ1) is 10.8. The third-order valence-corrected chi connectivity index (χ3v) is 2.17. The van der Waals surface area contributed by atoms with E-state index in [-0.39, 0.29) is 0 Å². The highest BCUT2D eigenvalue weighted by molar-refractivity contribution is 6.31. The second-order valence-corrected chi connectivity index (χ2v) is 3.50. The Kier molecular flexibility index (Phi) is 3.72. The molecule has 0 aliphatic rings. The minimum Gasteiger partial charge on any atom is -0.478 e. The predicted octanol–water partition coefficient (Wildman–Crippen LogP) is 2.91. The Morgan fingerprint density at radius 1 is 1.50 bits per heavy atom. The van der Waals surface area contributed by atoms with Crippen molar-refractivity contribution < 1.29 is 9.90 Å². The molecular formula is C11H11ClO2. The monoisotopic (exact) mass is 210 g/mol. The van der Waals surface area contributed by atoms with E-state index in [0.717, 1.165) is 11.1 Å². The van der Waals surface area contributed by atoms with E-state index in [1.165, 1.54) is 6.08 Å². The Labute approximate surface area is 87.8 Å². The normalized spacial score (nSPS) is 11.4. The van der Waals surface area contributed by atoms with Crippen LogP contribution in [0.3, 0.4) is 0 Å². The average Bonchev–Trinajstić information content (AvgIpc) is 2.07.